The topological polar surface area (TPSA) is 50.3 Å². The largest absolute Gasteiger partial charge is 0.376 e. The van der Waals surface area contributed by atoms with Crippen LogP contribution >= 0.6 is 11.6 Å². The van der Waals surface area contributed by atoms with Gasteiger partial charge in [0, 0.05) is 36.4 Å². The highest BCUT2D eigenvalue weighted by atomic mass is 35.5. The molecule has 1 aliphatic carbocycles. The highest BCUT2D eigenvalue weighted by Gasteiger charge is 2.44. The van der Waals surface area contributed by atoms with Crippen LogP contribution in [0.15, 0.2) is 30.5 Å². The summed E-state index contributed by atoms with van der Waals surface area (Å²) in [6.45, 7) is 5.27. The van der Waals surface area contributed by atoms with Crippen LogP contribution in [0.1, 0.15) is 36.1 Å². The molecule has 142 valence electrons. The number of halogens is 1. The molecular formula is C21H25ClN4O. The second kappa shape index (κ2) is 7.04. The first-order valence-corrected chi connectivity index (χ1v) is 10.2. The second-order valence-corrected chi connectivity index (χ2v) is 8.69. The number of nitrogens with zero attached hydrogens (tertiary/aromatic N) is 3. The fourth-order valence-electron chi connectivity index (χ4n) is 4.34. The lowest BCUT2D eigenvalue weighted by Crippen LogP contribution is -2.40. The Kier molecular flexibility index (Phi) is 4.54. The number of anilines is 1. The van der Waals surface area contributed by atoms with Gasteiger partial charge in [-0.2, -0.15) is 0 Å². The van der Waals surface area contributed by atoms with E-state index in [2.05, 4.69) is 27.3 Å². The lowest BCUT2D eigenvalue weighted by atomic mass is 9.80. The smallest absolute Gasteiger partial charge is 0.222 e. The third-order valence-electron chi connectivity index (χ3n) is 5.98. The molecule has 27 heavy (non-hydrogen) atoms. The van der Waals surface area contributed by atoms with E-state index < -0.39 is 0 Å². The zero-order valence-electron chi connectivity index (χ0n) is 15.5. The summed E-state index contributed by atoms with van der Waals surface area (Å²) in [6, 6.07) is 8.15. The van der Waals surface area contributed by atoms with Gasteiger partial charge in [0.25, 0.3) is 0 Å². The van der Waals surface area contributed by atoms with Gasteiger partial charge in [-0.15, -0.1) is 0 Å². The summed E-state index contributed by atoms with van der Waals surface area (Å²) < 4.78 is 5.95. The predicted molar refractivity (Wildman–Crippen MR) is 106 cm³/mol. The first kappa shape index (κ1) is 17.4. The van der Waals surface area contributed by atoms with Crippen molar-refractivity contribution in [1.82, 2.24) is 14.9 Å². The van der Waals surface area contributed by atoms with Gasteiger partial charge < -0.3 is 10.1 Å². The zero-order chi connectivity index (χ0) is 18.3. The Balaban J connectivity index is 1.35. The third-order valence-corrected chi connectivity index (χ3v) is 6.21. The number of hydrogen-bond donors (Lipinski definition) is 1. The monoisotopic (exact) mass is 384 g/mol. The van der Waals surface area contributed by atoms with Gasteiger partial charge in [0.15, 0.2) is 0 Å². The van der Waals surface area contributed by atoms with E-state index in [1.165, 1.54) is 24.1 Å². The second-order valence-electron chi connectivity index (χ2n) is 8.26. The van der Waals surface area contributed by atoms with Gasteiger partial charge in [0.1, 0.15) is 0 Å². The van der Waals surface area contributed by atoms with Crippen LogP contribution in [0, 0.1) is 5.92 Å². The van der Waals surface area contributed by atoms with Crippen LogP contribution < -0.4 is 5.32 Å². The van der Waals surface area contributed by atoms with Crippen molar-refractivity contribution in [1.29, 1.82) is 0 Å². The number of fused-ring (bicyclic) bond motifs is 2. The maximum atomic E-state index is 6.15. The van der Waals surface area contributed by atoms with E-state index in [0.717, 1.165) is 61.7 Å². The van der Waals surface area contributed by atoms with Gasteiger partial charge in [-0.3, -0.25) is 4.90 Å². The summed E-state index contributed by atoms with van der Waals surface area (Å²) in [7, 11) is 0. The third kappa shape index (κ3) is 3.68. The van der Waals surface area contributed by atoms with Gasteiger partial charge in [-0.1, -0.05) is 23.7 Å². The van der Waals surface area contributed by atoms with Gasteiger partial charge >= 0.3 is 0 Å². The molecule has 2 fully saturated rings. The molecule has 3 heterocycles. The molecule has 0 radical (unpaired) electrons. The number of rotatable bonds is 5. The van der Waals surface area contributed by atoms with E-state index in [4.69, 9.17) is 21.3 Å². The molecule has 1 saturated carbocycles. The molecule has 0 amide bonds. The minimum atomic E-state index is -0.0227. The summed E-state index contributed by atoms with van der Waals surface area (Å²) in [5, 5.41) is 4.23. The van der Waals surface area contributed by atoms with Crippen molar-refractivity contribution in [3.05, 3.63) is 52.3 Å². The van der Waals surface area contributed by atoms with Gasteiger partial charge in [-0.25, -0.2) is 9.97 Å². The first-order chi connectivity index (χ1) is 13.2. The lowest BCUT2D eigenvalue weighted by Gasteiger charge is -2.34. The van der Waals surface area contributed by atoms with Crippen molar-refractivity contribution in [2.45, 2.75) is 37.8 Å². The Hall–Kier alpha value is -1.69. The molecular weight excluding hydrogens is 360 g/mol. The average molecular weight is 385 g/mol. The predicted octanol–water partition coefficient (Wildman–Crippen LogP) is 3.63. The molecule has 5 nitrogen and oxygen atoms in total. The summed E-state index contributed by atoms with van der Waals surface area (Å²) in [4.78, 5) is 12.0. The molecule has 6 heteroatoms. The van der Waals surface area contributed by atoms with E-state index in [9.17, 15) is 0 Å². The first-order valence-electron chi connectivity index (χ1n) is 9.85. The molecule has 1 N–H and O–H groups in total. The molecule has 2 aliphatic heterocycles. The molecule has 0 unspecified atom stereocenters. The maximum Gasteiger partial charge on any atom is 0.222 e. The van der Waals surface area contributed by atoms with Crippen LogP contribution in [0.5, 0.6) is 0 Å². The average Bonchev–Trinajstić information content (AvgIpc) is 3.42. The molecule has 1 aromatic heterocycles. The van der Waals surface area contributed by atoms with Crippen molar-refractivity contribution in [3.8, 4) is 0 Å². The van der Waals surface area contributed by atoms with Crippen LogP contribution in [0.2, 0.25) is 5.02 Å². The van der Waals surface area contributed by atoms with E-state index in [1.807, 2.05) is 18.3 Å². The number of ether oxygens (including phenoxy) is 1. The van der Waals surface area contributed by atoms with Crippen LogP contribution in [0.4, 0.5) is 5.95 Å². The van der Waals surface area contributed by atoms with Crippen molar-refractivity contribution in [3.63, 3.8) is 0 Å². The maximum absolute atomic E-state index is 6.15. The van der Waals surface area contributed by atoms with E-state index >= 15 is 0 Å². The minimum Gasteiger partial charge on any atom is -0.376 e. The van der Waals surface area contributed by atoms with Crippen LogP contribution in [0.25, 0.3) is 0 Å². The fourth-order valence-corrected chi connectivity index (χ4v) is 4.55. The van der Waals surface area contributed by atoms with Crippen molar-refractivity contribution >= 4 is 17.5 Å². The Bertz CT molecular complexity index is 841. The van der Waals surface area contributed by atoms with Crippen LogP contribution in [-0.2, 0) is 23.3 Å². The molecule has 2 aromatic rings. The number of nitrogens with one attached hydrogen (secondary N) is 1. The minimum absolute atomic E-state index is 0.0227. The van der Waals surface area contributed by atoms with Gasteiger partial charge in [0.05, 0.1) is 24.3 Å². The number of hydrogen-bond acceptors (Lipinski definition) is 5. The Labute approximate surface area is 165 Å². The van der Waals surface area contributed by atoms with Crippen molar-refractivity contribution in [2.24, 2.45) is 5.92 Å². The lowest BCUT2D eigenvalue weighted by molar-refractivity contribution is 0.0503. The highest BCUT2D eigenvalue weighted by Crippen LogP contribution is 2.40. The molecule has 0 bridgehead atoms. The van der Waals surface area contributed by atoms with E-state index in [1.54, 1.807) is 0 Å². The number of likely N-dealkylation sites (tertiary alicyclic amines) is 1. The van der Waals surface area contributed by atoms with E-state index in [0.29, 0.717) is 6.61 Å². The molecule has 5 rings (SSSR count). The fraction of sp³-hybridized carbons (Fsp3) is 0.524. The van der Waals surface area contributed by atoms with Crippen molar-refractivity contribution < 1.29 is 4.74 Å². The van der Waals surface area contributed by atoms with Crippen LogP contribution in [0.3, 0.4) is 0 Å². The van der Waals surface area contributed by atoms with Gasteiger partial charge in [0.2, 0.25) is 5.95 Å². The molecule has 3 aliphatic rings. The molecule has 1 atom stereocenters. The van der Waals surface area contributed by atoms with Crippen molar-refractivity contribution in [2.75, 3.05) is 31.6 Å². The van der Waals surface area contributed by atoms with E-state index in [-0.39, 0.29) is 5.41 Å². The molecule has 1 spiro atoms. The van der Waals surface area contributed by atoms with Gasteiger partial charge in [-0.05, 0) is 49.4 Å². The highest BCUT2D eigenvalue weighted by molar-refractivity contribution is 6.30. The summed E-state index contributed by atoms with van der Waals surface area (Å²) >= 11 is 6.15. The summed E-state index contributed by atoms with van der Waals surface area (Å²) in [5.41, 5.74) is 3.56. The normalized spacial score (nSPS) is 24.9. The SMILES string of the molecule is Clc1cccc(CN2CC[C@@]3(COCc4cnc(NCC5CC5)nc43)C2)c1. The standard InChI is InChI=1S/C21H25ClN4O/c22-18-3-1-2-16(8-18)11-26-7-6-21(13-26)14-27-12-17-10-24-20(25-19(17)21)23-9-15-4-5-15/h1-3,8,10,15H,4-7,9,11-14H2,(H,23,24,25)/t21-/m0/s1. The number of aromatic nitrogens is 2. The Morgan fingerprint density at radius 3 is 3.11 bits per heavy atom. The Morgan fingerprint density at radius 2 is 2.26 bits per heavy atom. The zero-order valence-corrected chi connectivity index (χ0v) is 16.2. The number of benzene rings is 1. The Morgan fingerprint density at radius 1 is 1.33 bits per heavy atom. The molecule has 1 saturated heterocycles. The summed E-state index contributed by atoms with van der Waals surface area (Å²) in [5.74, 6) is 1.58. The molecule has 1 aromatic carbocycles. The quantitative estimate of drug-likeness (QED) is 0.853. The van der Waals surface area contributed by atoms with Crippen LogP contribution in [-0.4, -0.2) is 41.1 Å². The summed E-state index contributed by atoms with van der Waals surface area (Å²) in [6.07, 6.45) is 5.68.